The van der Waals surface area contributed by atoms with Gasteiger partial charge in [-0.25, -0.2) is 13.6 Å². The predicted octanol–water partition coefficient (Wildman–Crippen LogP) is 4.30. The van der Waals surface area contributed by atoms with E-state index in [1.807, 2.05) is 0 Å². The molecule has 2 bridgehead atoms. The van der Waals surface area contributed by atoms with Crippen LogP contribution < -0.4 is 0 Å². The van der Waals surface area contributed by atoms with E-state index in [1.165, 1.54) is 30.3 Å². The minimum absolute atomic E-state index is 0.161. The molecule has 0 aromatic heterocycles. The average Bonchev–Trinajstić information content (AvgIpc) is 2.68. The van der Waals surface area contributed by atoms with E-state index in [-0.39, 0.29) is 11.7 Å². The summed E-state index contributed by atoms with van der Waals surface area (Å²) in [5, 5.41) is 0. The molecule has 3 saturated heterocycles. The molecule has 6 heteroatoms. The summed E-state index contributed by atoms with van der Waals surface area (Å²) < 4.78 is 39.0. The number of carbonyl (C=O) groups is 1. The molecule has 0 spiro atoms. The van der Waals surface area contributed by atoms with Crippen molar-refractivity contribution in [3.63, 3.8) is 0 Å². The molecule has 0 saturated carbocycles. The van der Waals surface area contributed by atoms with Crippen molar-refractivity contribution in [3.8, 4) is 0 Å². The molecule has 4 nitrogen and oxygen atoms in total. The number of rotatable bonds is 4. The number of hydrogen-bond acceptors (Lipinski definition) is 4. The van der Waals surface area contributed by atoms with Gasteiger partial charge in [-0.15, -0.1) is 0 Å². The second kappa shape index (κ2) is 7.64. The zero-order valence-electron chi connectivity index (χ0n) is 14.8. The number of nitrogens with zero attached hydrogens (tertiary/aromatic N) is 1. The number of halogens is 2. The first-order chi connectivity index (χ1) is 13.1. The zero-order chi connectivity index (χ0) is 18.8. The molecule has 3 aliphatic heterocycles. The normalized spacial score (nSPS) is 25.0. The maximum absolute atomic E-state index is 14.3. The van der Waals surface area contributed by atoms with E-state index in [9.17, 15) is 13.6 Å². The summed E-state index contributed by atoms with van der Waals surface area (Å²) in [6, 6.07) is 11.6. The Kier molecular flexibility index (Phi) is 5.07. The first-order valence-corrected chi connectivity index (χ1v) is 9.19. The fourth-order valence-electron chi connectivity index (χ4n) is 3.96. The second-order valence-electron chi connectivity index (χ2n) is 7.12. The average molecular weight is 373 g/mol. The van der Waals surface area contributed by atoms with Gasteiger partial charge in [0.2, 0.25) is 0 Å². The fourth-order valence-corrected chi connectivity index (χ4v) is 3.96. The summed E-state index contributed by atoms with van der Waals surface area (Å²) in [6.45, 7) is 2.76. The van der Waals surface area contributed by atoms with E-state index in [0.29, 0.717) is 18.0 Å². The Morgan fingerprint density at radius 2 is 1.85 bits per heavy atom. The predicted molar refractivity (Wildman–Crippen MR) is 95.2 cm³/mol. The van der Waals surface area contributed by atoms with Gasteiger partial charge >= 0.3 is 6.16 Å². The van der Waals surface area contributed by atoms with Gasteiger partial charge in [0, 0.05) is 17.7 Å². The SMILES string of the molecule is O=C(OC(c1cccc(F)c1)c1ccccc1F)O[C@H]1CN2CCC1CC2. The number of carbonyl (C=O) groups excluding carboxylic acids is 1. The van der Waals surface area contributed by atoms with Gasteiger partial charge in [0.05, 0.1) is 0 Å². The van der Waals surface area contributed by atoms with Crippen molar-refractivity contribution >= 4 is 6.16 Å². The monoisotopic (exact) mass is 373 g/mol. The molecule has 0 radical (unpaired) electrons. The molecule has 0 N–H and O–H groups in total. The molecule has 0 amide bonds. The molecule has 2 aromatic carbocycles. The minimum Gasteiger partial charge on any atom is -0.429 e. The Morgan fingerprint density at radius 3 is 2.52 bits per heavy atom. The van der Waals surface area contributed by atoms with Crippen molar-refractivity contribution in [1.82, 2.24) is 4.90 Å². The van der Waals surface area contributed by atoms with Gasteiger partial charge in [-0.2, -0.15) is 0 Å². The second-order valence-corrected chi connectivity index (χ2v) is 7.12. The molecule has 2 aromatic rings. The minimum atomic E-state index is -1.07. The maximum Gasteiger partial charge on any atom is 0.509 e. The Balaban J connectivity index is 1.54. The number of piperidine rings is 3. The van der Waals surface area contributed by atoms with E-state index in [2.05, 4.69) is 4.90 Å². The van der Waals surface area contributed by atoms with Gasteiger partial charge in [0.25, 0.3) is 0 Å². The van der Waals surface area contributed by atoms with Gasteiger partial charge in [-0.3, -0.25) is 4.90 Å². The highest BCUT2D eigenvalue weighted by Gasteiger charge is 2.37. The lowest BCUT2D eigenvalue weighted by molar-refractivity contribution is -0.0644. The summed E-state index contributed by atoms with van der Waals surface area (Å²) >= 11 is 0. The van der Waals surface area contributed by atoms with Crippen molar-refractivity contribution < 1.29 is 23.0 Å². The van der Waals surface area contributed by atoms with Crippen LogP contribution in [-0.2, 0) is 9.47 Å². The number of benzene rings is 2. The van der Waals surface area contributed by atoms with Gasteiger partial charge < -0.3 is 9.47 Å². The van der Waals surface area contributed by atoms with E-state index < -0.39 is 23.9 Å². The molecule has 3 aliphatic rings. The first-order valence-electron chi connectivity index (χ1n) is 9.19. The largest absolute Gasteiger partial charge is 0.509 e. The third-order valence-electron chi connectivity index (χ3n) is 5.40. The Bertz CT molecular complexity index is 821. The van der Waals surface area contributed by atoms with Crippen molar-refractivity contribution in [2.75, 3.05) is 19.6 Å². The van der Waals surface area contributed by atoms with Crippen LogP contribution in [0.1, 0.15) is 30.1 Å². The van der Waals surface area contributed by atoms with Crippen LogP contribution in [0.2, 0.25) is 0 Å². The first kappa shape index (κ1) is 17.9. The molecule has 3 heterocycles. The van der Waals surface area contributed by atoms with Gasteiger partial charge in [-0.1, -0.05) is 30.3 Å². The Hall–Kier alpha value is -2.47. The van der Waals surface area contributed by atoms with Crippen LogP contribution in [0.5, 0.6) is 0 Å². The van der Waals surface area contributed by atoms with E-state index >= 15 is 0 Å². The number of ether oxygens (including phenoxy) is 2. The topological polar surface area (TPSA) is 38.8 Å². The zero-order valence-corrected chi connectivity index (χ0v) is 14.8. The molecule has 5 rings (SSSR count). The van der Waals surface area contributed by atoms with E-state index in [0.717, 1.165) is 25.9 Å². The molecule has 0 aliphatic carbocycles. The standard InChI is InChI=1S/C21H21F2NO3/c22-16-5-3-4-15(12-16)20(17-6-1-2-7-18(17)23)27-21(25)26-19-13-24-10-8-14(19)9-11-24/h1-7,12,14,19-20H,8-11,13H2/t19-,20?/m0/s1. The third-order valence-corrected chi connectivity index (χ3v) is 5.40. The van der Waals surface area contributed by atoms with E-state index in [4.69, 9.17) is 9.47 Å². The van der Waals surface area contributed by atoms with Crippen LogP contribution >= 0.6 is 0 Å². The van der Waals surface area contributed by atoms with Crippen LogP contribution in [0.4, 0.5) is 13.6 Å². The Labute approximate surface area is 156 Å². The molecule has 3 fully saturated rings. The van der Waals surface area contributed by atoms with Crippen LogP contribution in [0.3, 0.4) is 0 Å². The summed E-state index contributed by atoms with van der Waals surface area (Å²) in [5.74, 6) is -0.672. The highest BCUT2D eigenvalue weighted by atomic mass is 19.1. The van der Waals surface area contributed by atoms with Crippen molar-refractivity contribution in [2.24, 2.45) is 5.92 Å². The highest BCUT2D eigenvalue weighted by Crippen LogP contribution is 2.32. The van der Waals surface area contributed by atoms with Gasteiger partial charge in [-0.05, 0) is 50.0 Å². The van der Waals surface area contributed by atoms with Crippen molar-refractivity contribution in [3.05, 3.63) is 71.3 Å². The lowest BCUT2D eigenvalue weighted by Gasteiger charge is -2.43. The molecule has 27 heavy (non-hydrogen) atoms. The summed E-state index contributed by atoms with van der Waals surface area (Å²) in [5.41, 5.74) is 0.514. The van der Waals surface area contributed by atoms with Crippen LogP contribution in [0.25, 0.3) is 0 Å². The molecule has 142 valence electrons. The highest BCUT2D eigenvalue weighted by molar-refractivity contribution is 5.61. The lowest BCUT2D eigenvalue weighted by atomic mass is 9.86. The number of hydrogen-bond donors (Lipinski definition) is 0. The number of fused-ring (bicyclic) bond motifs is 3. The van der Waals surface area contributed by atoms with E-state index in [1.54, 1.807) is 18.2 Å². The molecular formula is C21H21F2NO3. The maximum atomic E-state index is 14.3. The van der Waals surface area contributed by atoms with Gasteiger partial charge in [0.15, 0.2) is 6.10 Å². The van der Waals surface area contributed by atoms with Crippen LogP contribution in [-0.4, -0.2) is 36.8 Å². The molecule has 2 atom stereocenters. The van der Waals surface area contributed by atoms with Crippen LogP contribution in [0.15, 0.2) is 48.5 Å². The van der Waals surface area contributed by atoms with Crippen molar-refractivity contribution in [2.45, 2.75) is 25.0 Å². The van der Waals surface area contributed by atoms with Crippen molar-refractivity contribution in [1.29, 1.82) is 0 Å². The lowest BCUT2D eigenvalue weighted by Crippen LogP contribution is -2.52. The van der Waals surface area contributed by atoms with Crippen LogP contribution in [0, 0.1) is 17.6 Å². The molecular weight excluding hydrogens is 352 g/mol. The molecule has 1 unspecified atom stereocenters. The summed E-state index contributed by atoms with van der Waals surface area (Å²) in [4.78, 5) is 14.7. The smallest absolute Gasteiger partial charge is 0.429 e. The Morgan fingerprint density at radius 1 is 1.07 bits per heavy atom. The third kappa shape index (κ3) is 3.95. The fraction of sp³-hybridized carbons (Fsp3) is 0.381. The quantitative estimate of drug-likeness (QED) is 0.749. The summed E-state index contributed by atoms with van der Waals surface area (Å²) in [6.07, 6.45) is -0.146. The van der Waals surface area contributed by atoms with Gasteiger partial charge in [0.1, 0.15) is 17.7 Å². The summed E-state index contributed by atoms with van der Waals surface area (Å²) in [7, 11) is 0.